The summed E-state index contributed by atoms with van der Waals surface area (Å²) >= 11 is -3.92. The molecule has 62 heavy (non-hydrogen) atoms. The minimum Gasteiger partial charge on any atom is -1.00 e. The van der Waals surface area contributed by atoms with Crippen LogP contribution in [0.3, 0.4) is 0 Å². The quantitative estimate of drug-likeness (QED) is 0.162. The standard InChI is InChI=1S/C25H25.C15H8F6.C13H21.2ClH.Zr/c1-14-12-24(3,4)22-8-16-7-17-9-23-19(15(2)13-25(23,5)6)11-21(17)20(16)10-18(14)22;16-14(17,18)12-5-1-3-10(8-12)7-11-4-2-6-13(9-11)15(19,20)21;1-5-6-7-11-8-9-12(10-11)13(2,3)4;;;/h7-13H,1-6H3;1-6,8-9H;9-11H,5-7H2,1-4H3;2*1H;/q;;;;;+2/p-2. The van der Waals surface area contributed by atoms with E-state index in [4.69, 9.17) is 0 Å². The fourth-order valence-electron chi connectivity index (χ4n) is 10.4. The van der Waals surface area contributed by atoms with E-state index in [1.54, 1.807) is 12.1 Å². The van der Waals surface area contributed by atoms with E-state index in [1.807, 2.05) is 0 Å². The van der Waals surface area contributed by atoms with Crippen molar-refractivity contribution in [2.75, 3.05) is 0 Å². The molecule has 4 aromatic rings. The van der Waals surface area contributed by atoms with Gasteiger partial charge in [-0.25, -0.2) is 0 Å². The van der Waals surface area contributed by atoms with Gasteiger partial charge < -0.3 is 24.8 Å². The SMILES string of the molecule is CCCCC1C=C(C(C)(C)C)C=[C]1[Zr+2](=[C](c1cccc(C(F)(F)F)c1)c1cccc(C(F)(F)F)c1)[CH]1c2cc3c(cc2-c2cc4c(cc21)C(C)(C)C=C4C)C(C)=CC3(C)C.[Cl-].[Cl-]. The predicted octanol–water partition coefficient (Wildman–Crippen LogP) is 9.75. The third-order valence-electron chi connectivity index (χ3n) is 13.3. The number of allylic oxidation sites excluding steroid dienone is 8. The molecule has 0 fully saturated rings. The van der Waals surface area contributed by atoms with E-state index in [0.717, 1.165) is 53.6 Å². The van der Waals surface area contributed by atoms with Crippen LogP contribution in [-0.2, 0) is 44.4 Å². The first-order chi connectivity index (χ1) is 27.9. The zero-order valence-corrected chi connectivity index (χ0v) is 41.0. The van der Waals surface area contributed by atoms with E-state index in [1.165, 1.54) is 66.5 Å². The van der Waals surface area contributed by atoms with Gasteiger partial charge in [0.25, 0.3) is 0 Å². The summed E-state index contributed by atoms with van der Waals surface area (Å²) in [5.41, 5.74) is 11.3. The molecule has 4 aromatic carbocycles. The molecule has 0 N–H and O–H groups in total. The number of hydrogen-bond acceptors (Lipinski definition) is 0. The Balaban J connectivity index is 0.00000321. The molecule has 0 aliphatic heterocycles. The van der Waals surface area contributed by atoms with Gasteiger partial charge >= 0.3 is 361 Å². The van der Waals surface area contributed by atoms with Gasteiger partial charge in [-0.3, -0.25) is 0 Å². The van der Waals surface area contributed by atoms with Crippen LogP contribution in [0.5, 0.6) is 0 Å². The van der Waals surface area contributed by atoms with Crippen LogP contribution in [0, 0.1) is 11.3 Å². The van der Waals surface area contributed by atoms with Gasteiger partial charge in [0.2, 0.25) is 0 Å². The third kappa shape index (κ3) is 8.42. The summed E-state index contributed by atoms with van der Waals surface area (Å²) in [7, 11) is 0. The average Bonchev–Trinajstić information content (AvgIpc) is 3.85. The Labute approximate surface area is 383 Å². The van der Waals surface area contributed by atoms with Crippen molar-refractivity contribution >= 4 is 14.4 Å². The van der Waals surface area contributed by atoms with Crippen molar-refractivity contribution < 1.29 is 72.4 Å². The molecule has 1 unspecified atom stereocenters. The maximum Gasteiger partial charge on any atom is -1.00 e. The molecule has 0 spiro atoms. The van der Waals surface area contributed by atoms with Crippen molar-refractivity contribution in [3.63, 3.8) is 0 Å². The number of hydrogen-bond donors (Lipinski definition) is 0. The van der Waals surface area contributed by atoms with Gasteiger partial charge in [0.15, 0.2) is 0 Å². The van der Waals surface area contributed by atoms with Crippen molar-refractivity contribution in [2.45, 2.75) is 115 Å². The Morgan fingerprint density at radius 2 is 1.10 bits per heavy atom. The summed E-state index contributed by atoms with van der Waals surface area (Å²) in [5, 5.41) is 0. The van der Waals surface area contributed by atoms with Crippen molar-refractivity contribution in [3.05, 3.63) is 162 Å². The van der Waals surface area contributed by atoms with E-state index in [2.05, 4.69) is 118 Å². The Kier molecular flexibility index (Phi) is 12.9. The minimum absolute atomic E-state index is 0. The van der Waals surface area contributed by atoms with Crippen LogP contribution in [0.1, 0.15) is 148 Å². The van der Waals surface area contributed by atoms with Gasteiger partial charge in [0.1, 0.15) is 0 Å². The van der Waals surface area contributed by atoms with Crippen LogP contribution < -0.4 is 24.8 Å². The molecule has 0 saturated carbocycles. The second kappa shape index (κ2) is 16.6. The zero-order chi connectivity index (χ0) is 43.5. The Morgan fingerprint density at radius 1 is 0.645 bits per heavy atom. The molecule has 1 atom stereocenters. The molecule has 0 radical (unpaired) electrons. The Hall–Kier alpha value is -3.25. The summed E-state index contributed by atoms with van der Waals surface area (Å²) in [6, 6.07) is 20.2. The topological polar surface area (TPSA) is 0 Å². The second-order valence-corrected chi connectivity index (χ2v) is 25.8. The normalized spacial score (nSPS) is 18.2. The smallest absolute Gasteiger partial charge is 1.00 e. The van der Waals surface area contributed by atoms with Gasteiger partial charge in [-0.05, 0) is 0 Å². The average molecular weight is 967 g/mol. The predicted molar refractivity (Wildman–Crippen MR) is 232 cm³/mol. The molecule has 8 rings (SSSR count). The molecule has 9 heteroatoms. The van der Waals surface area contributed by atoms with Gasteiger partial charge in [-0.15, -0.1) is 0 Å². The first-order valence-electron chi connectivity index (χ1n) is 21.2. The van der Waals surface area contributed by atoms with E-state index >= 15 is 0 Å². The van der Waals surface area contributed by atoms with E-state index in [0.29, 0.717) is 14.3 Å². The van der Waals surface area contributed by atoms with E-state index in [9.17, 15) is 26.3 Å². The molecule has 0 aromatic heterocycles. The molecular formula is C53H54Cl2F6Zr. The number of fused-ring (bicyclic) bond motifs is 5. The number of rotatable bonds is 7. The summed E-state index contributed by atoms with van der Waals surface area (Å²) in [6.45, 7) is 21.9. The summed E-state index contributed by atoms with van der Waals surface area (Å²) in [4.78, 5) is 0. The number of alkyl halides is 6. The zero-order valence-electron chi connectivity index (χ0n) is 37.0. The van der Waals surface area contributed by atoms with Gasteiger partial charge in [0.05, 0.1) is 0 Å². The molecule has 0 nitrogen and oxygen atoms in total. The summed E-state index contributed by atoms with van der Waals surface area (Å²) in [6.07, 6.45) is 2.81. The fraction of sp³-hybridized carbons (Fsp3) is 0.377. The van der Waals surface area contributed by atoms with Crippen molar-refractivity contribution in [3.8, 4) is 11.1 Å². The van der Waals surface area contributed by atoms with Crippen LogP contribution in [-0.4, -0.2) is 3.21 Å². The van der Waals surface area contributed by atoms with Gasteiger partial charge in [0, 0.05) is 0 Å². The van der Waals surface area contributed by atoms with Crippen LogP contribution in [0.25, 0.3) is 22.3 Å². The molecule has 0 saturated heterocycles. The third-order valence-corrected chi connectivity index (χ3v) is 21.8. The monoisotopic (exact) mass is 964 g/mol. The van der Waals surface area contributed by atoms with Crippen LogP contribution in [0.15, 0.2) is 106 Å². The molecule has 0 amide bonds. The molecule has 4 aliphatic carbocycles. The van der Waals surface area contributed by atoms with Crippen molar-refractivity contribution in [1.29, 1.82) is 0 Å². The molecular weight excluding hydrogens is 913 g/mol. The van der Waals surface area contributed by atoms with Crippen LogP contribution in [0.2, 0.25) is 0 Å². The summed E-state index contributed by atoms with van der Waals surface area (Å²) < 4.78 is 90.0. The number of halogens is 8. The van der Waals surface area contributed by atoms with Crippen LogP contribution >= 0.6 is 0 Å². The van der Waals surface area contributed by atoms with E-state index < -0.39 is 44.7 Å². The Morgan fingerprint density at radius 3 is 1.50 bits per heavy atom. The van der Waals surface area contributed by atoms with Gasteiger partial charge in [-0.2, -0.15) is 0 Å². The maximum atomic E-state index is 14.7. The Bertz CT molecular complexity index is 2480. The molecule has 0 heterocycles. The number of benzene rings is 4. The van der Waals surface area contributed by atoms with Crippen LogP contribution in [0.4, 0.5) is 26.3 Å². The first-order valence-corrected chi connectivity index (χ1v) is 25.1. The first kappa shape index (κ1) is 48.2. The fourth-order valence-corrected chi connectivity index (χ4v) is 20.0. The molecule has 4 aliphatic rings. The maximum absolute atomic E-state index is 14.7. The number of unbranched alkanes of at least 4 members (excludes halogenated alkanes) is 1. The van der Waals surface area contributed by atoms with Gasteiger partial charge in [-0.1, -0.05) is 0 Å². The molecule has 0 bridgehead atoms. The second-order valence-electron chi connectivity index (χ2n) is 19.7. The van der Waals surface area contributed by atoms with Crippen molar-refractivity contribution in [2.24, 2.45) is 11.3 Å². The summed E-state index contributed by atoms with van der Waals surface area (Å²) in [5.74, 6) is 0.0113. The van der Waals surface area contributed by atoms with E-state index in [-0.39, 0.29) is 50.6 Å². The largest absolute Gasteiger partial charge is 1.00 e. The van der Waals surface area contributed by atoms with Crippen molar-refractivity contribution in [1.82, 2.24) is 0 Å². The minimum atomic E-state index is -4.64. The molecule has 326 valence electrons.